The zero-order valence-electron chi connectivity index (χ0n) is 19.7. The van der Waals surface area contributed by atoms with Crippen molar-refractivity contribution < 1.29 is 4.92 Å². The van der Waals surface area contributed by atoms with Gasteiger partial charge < -0.3 is 4.90 Å². The van der Waals surface area contributed by atoms with Gasteiger partial charge in [-0.05, 0) is 64.2 Å². The van der Waals surface area contributed by atoms with Crippen LogP contribution in [0.15, 0.2) is 127 Å². The zero-order chi connectivity index (χ0) is 25.4. The molecule has 0 amide bonds. The highest BCUT2D eigenvalue weighted by atomic mass is 35.5. The standard InChI is InChI=1S/C32H21ClN2O2/c33-24-15-17-30(32(21-24)35(36)37)28-18-19-31(29-13-7-6-12-27(28)29)34(25-10-2-1-3-11-25)26-16-14-22-8-4-5-9-23(22)20-26/h1-21H. The van der Waals surface area contributed by atoms with Crippen LogP contribution >= 0.6 is 11.6 Å². The average Bonchev–Trinajstić information content (AvgIpc) is 2.94. The van der Waals surface area contributed by atoms with Crippen molar-refractivity contribution in [3.8, 4) is 11.1 Å². The van der Waals surface area contributed by atoms with Crippen molar-refractivity contribution in [2.45, 2.75) is 0 Å². The lowest BCUT2D eigenvalue weighted by Crippen LogP contribution is -2.10. The molecule has 5 heteroatoms. The molecule has 0 heterocycles. The molecule has 0 atom stereocenters. The lowest BCUT2D eigenvalue weighted by Gasteiger charge is -2.27. The summed E-state index contributed by atoms with van der Waals surface area (Å²) >= 11 is 6.10. The first kappa shape index (κ1) is 22.8. The third kappa shape index (κ3) is 4.18. The number of para-hydroxylation sites is 1. The predicted molar refractivity (Wildman–Crippen MR) is 153 cm³/mol. The molecule has 0 aliphatic heterocycles. The number of nitro benzene ring substituents is 1. The number of nitrogens with zero attached hydrogens (tertiary/aromatic N) is 2. The largest absolute Gasteiger partial charge is 0.310 e. The number of fused-ring (bicyclic) bond motifs is 2. The number of nitro groups is 1. The summed E-state index contributed by atoms with van der Waals surface area (Å²) < 4.78 is 0. The summed E-state index contributed by atoms with van der Waals surface area (Å²) in [6.45, 7) is 0. The van der Waals surface area contributed by atoms with Crippen LogP contribution < -0.4 is 4.90 Å². The smallest absolute Gasteiger partial charge is 0.278 e. The van der Waals surface area contributed by atoms with E-state index in [1.54, 1.807) is 12.1 Å². The third-order valence-corrected chi connectivity index (χ3v) is 6.83. The van der Waals surface area contributed by atoms with Crippen molar-refractivity contribution in [2.75, 3.05) is 4.90 Å². The summed E-state index contributed by atoms with van der Waals surface area (Å²) in [5, 5.41) is 16.4. The molecular formula is C32H21ClN2O2. The van der Waals surface area contributed by atoms with Crippen molar-refractivity contribution in [1.29, 1.82) is 0 Å². The molecule has 0 saturated carbocycles. The van der Waals surface area contributed by atoms with Gasteiger partial charge in [-0.2, -0.15) is 0 Å². The van der Waals surface area contributed by atoms with Gasteiger partial charge in [-0.15, -0.1) is 0 Å². The molecule has 0 spiro atoms. The van der Waals surface area contributed by atoms with Crippen molar-refractivity contribution in [3.63, 3.8) is 0 Å². The molecule has 0 N–H and O–H groups in total. The Balaban J connectivity index is 1.61. The summed E-state index contributed by atoms with van der Waals surface area (Å²) in [5.74, 6) is 0. The molecule has 6 rings (SSSR count). The van der Waals surface area contributed by atoms with Gasteiger partial charge in [0.15, 0.2) is 0 Å². The molecule has 0 bridgehead atoms. The molecule has 6 aromatic carbocycles. The van der Waals surface area contributed by atoms with Crippen LogP contribution in [0, 0.1) is 10.1 Å². The first-order valence-electron chi connectivity index (χ1n) is 11.9. The fourth-order valence-electron chi connectivity index (χ4n) is 4.92. The van der Waals surface area contributed by atoms with E-state index in [1.165, 1.54) is 11.5 Å². The van der Waals surface area contributed by atoms with Crippen molar-refractivity contribution in [3.05, 3.63) is 143 Å². The van der Waals surface area contributed by atoms with Gasteiger partial charge in [0.2, 0.25) is 0 Å². The van der Waals surface area contributed by atoms with Gasteiger partial charge in [0, 0.05) is 27.8 Å². The third-order valence-electron chi connectivity index (χ3n) is 6.59. The van der Waals surface area contributed by atoms with Gasteiger partial charge in [-0.3, -0.25) is 10.1 Å². The number of benzene rings is 6. The molecular weight excluding hydrogens is 480 g/mol. The fraction of sp³-hybridized carbons (Fsp3) is 0. The highest BCUT2D eigenvalue weighted by Crippen LogP contribution is 2.44. The van der Waals surface area contributed by atoms with Crippen LogP contribution in [0.2, 0.25) is 5.02 Å². The Labute approximate surface area is 219 Å². The summed E-state index contributed by atoms with van der Waals surface area (Å²) in [6.07, 6.45) is 0. The van der Waals surface area contributed by atoms with Crippen LogP contribution in [0.25, 0.3) is 32.7 Å². The van der Waals surface area contributed by atoms with Crippen LogP contribution in [-0.4, -0.2) is 4.92 Å². The Morgan fingerprint density at radius 2 is 1.27 bits per heavy atom. The fourth-order valence-corrected chi connectivity index (χ4v) is 5.08. The first-order chi connectivity index (χ1) is 18.1. The molecule has 0 aliphatic rings. The molecule has 0 radical (unpaired) electrons. The van der Waals surface area contributed by atoms with E-state index in [-0.39, 0.29) is 10.6 Å². The van der Waals surface area contributed by atoms with Gasteiger partial charge in [0.25, 0.3) is 5.69 Å². The van der Waals surface area contributed by atoms with E-state index in [0.717, 1.165) is 38.8 Å². The minimum absolute atomic E-state index is 0.0140. The van der Waals surface area contributed by atoms with Crippen molar-refractivity contribution in [1.82, 2.24) is 0 Å². The van der Waals surface area contributed by atoms with Crippen LogP contribution in [0.3, 0.4) is 0 Å². The number of hydrogen-bond acceptors (Lipinski definition) is 3. The van der Waals surface area contributed by atoms with Crippen LogP contribution in [0.1, 0.15) is 0 Å². The molecule has 0 fully saturated rings. The summed E-state index contributed by atoms with van der Waals surface area (Å²) in [5.41, 5.74) is 4.34. The van der Waals surface area contributed by atoms with E-state index in [4.69, 9.17) is 11.6 Å². The minimum Gasteiger partial charge on any atom is -0.310 e. The first-order valence-corrected chi connectivity index (χ1v) is 12.3. The van der Waals surface area contributed by atoms with Gasteiger partial charge in [-0.1, -0.05) is 90.5 Å². The lowest BCUT2D eigenvalue weighted by atomic mass is 9.95. The zero-order valence-corrected chi connectivity index (χ0v) is 20.5. The summed E-state index contributed by atoms with van der Waals surface area (Å²) in [4.78, 5) is 13.7. The minimum atomic E-state index is -0.380. The molecule has 0 unspecified atom stereocenters. The Kier molecular flexibility index (Phi) is 5.79. The van der Waals surface area contributed by atoms with Crippen molar-refractivity contribution in [2.24, 2.45) is 0 Å². The SMILES string of the molecule is O=[N+]([O-])c1cc(Cl)ccc1-c1ccc(N(c2ccccc2)c2ccc3ccccc3c2)c2ccccc12. The second kappa shape index (κ2) is 9.41. The monoisotopic (exact) mass is 500 g/mol. The van der Waals surface area contributed by atoms with Crippen LogP contribution in [0.5, 0.6) is 0 Å². The van der Waals surface area contributed by atoms with E-state index in [0.29, 0.717) is 10.6 Å². The second-order valence-corrected chi connectivity index (χ2v) is 9.24. The molecule has 0 aromatic heterocycles. The maximum Gasteiger partial charge on any atom is 0.278 e. The second-order valence-electron chi connectivity index (χ2n) is 8.80. The molecule has 37 heavy (non-hydrogen) atoms. The van der Waals surface area contributed by atoms with E-state index in [2.05, 4.69) is 53.4 Å². The van der Waals surface area contributed by atoms with Gasteiger partial charge in [0.05, 0.1) is 16.2 Å². The molecule has 0 saturated heterocycles. The number of halogens is 1. The Morgan fingerprint density at radius 1 is 0.595 bits per heavy atom. The highest BCUT2D eigenvalue weighted by molar-refractivity contribution is 6.31. The van der Waals surface area contributed by atoms with Crippen molar-refractivity contribution >= 4 is 55.9 Å². The van der Waals surface area contributed by atoms with Gasteiger partial charge in [0.1, 0.15) is 0 Å². The average molecular weight is 501 g/mol. The number of anilines is 3. The number of hydrogen-bond donors (Lipinski definition) is 0. The quantitative estimate of drug-likeness (QED) is 0.175. The Bertz CT molecular complexity index is 1780. The van der Waals surface area contributed by atoms with Gasteiger partial charge in [-0.25, -0.2) is 0 Å². The maximum absolute atomic E-state index is 11.9. The van der Waals surface area contributed by atoms with E-state index >= 15 is 0 Å². The highest BCUT2D eigenvalue weighted by Gasteiger charge is 2.21. The normalized spacial score (nSPS) is 11.1. The molecule has 178 valence electrons. The maximum atomic E-state index is 11.9. The molecule has 6 aromatic rings. The molecule has 4 nitrogen and oxygen atoms in total. The number of rotatable bonds is 5. The molecule has 0 aliphatic carbocycles. The predicted octanol–water partition coefficient (Wildman–Crippen LogP) is 9.69. The van der Waals surface area contributed by atoms with E-state index in [1.807, 2.05) is 60.7 Å². The Morgan fingerprint density at radius 3 is 2.05 bits per heavy atom. The van der Waals surface area contributed by atoms with Crippen LogP contribution in [0.4, 0.5) is 22.7 Å². The van der Waals surface area contributed by atoms with Gasteiger partial charge >= 0.3 is 0 Å². The van der Waals surface area contributed by atoms with Crippen LogP contribution in [-0.2, 0) is 0 Å². The van der Waals surface area contributed by atoms with E-state index in [9.17, 15) is 10.1 Å². The lowest BCUT2D eigenvalue weighted by molar-refractivity contribution is -0.384. The topological polar surface area (TPSA) is 46.4 Å². The Hall–Kier alpha value is -4.67. The summed E-state index contributed by atoms with van der Waals surface area (Å²) in [7, 11) is 0. The van der Waals surface area contributed by atoms with E-state index < -0.39 is 0 Å². The summed E-state index contributed by atoms with van der Waals surface area (Å²) in [6, 6.07) is 41.8.